The summed E-state index contributed by atoms with van der Waals surface area (Å²) in [5, 5.41) is 13.9. The predicted octanol–water partition coefficient (Wildman–Crippen LogP) is 3.94. The van der Waals surface area contributed by atoms with Crippen molar-refractivity contribution in [3.05, 3.63) is 95.2 Å². The van der Waals surface area contributed by atoms with E-state index in [0.717, 1.165) is 47.0 Å². The summed E-state index contributed by atoms with van der Waals surface area (Å²) in [6.45, 7) is 0.647. The van der Waals surface area contributed by atoms with Crippen molar-refractivity contribution in [3.8, 4) is 5.75 Å². The molecule has 3 aromatic carbocycles. The minimum absolute atomic E-state index is 0.00258. The molecular formula is C29H27F2N5O3. The Morgan fingerprint density at radius 1 is 1.13 bits per heavy atom. The van der Waals surface area contributed by atoms with Gasteiger partial charge in [-0.25, -0.2) is 13.6 Å². The van der Waals surface area contributed by atoms with Gasteiger partial charge >= 0.3 is 6.03 Å². The lowest BCUT2D eigenvalue weighted by molar-refractivity contribution is -0.120. The van der Waals surface area contributed by atoms with Gasteiger partial charge in [0.1, 0.15) is 23.4 Å². The maximum atomic E-state index is 14.7. The number of hydrogen-bond acceptors (Lipinski definition) is 4. The van der Waals surface area contributed by atoms with E-state index in [9.17, 15) is 18.4 Å². The first-order chi connectivity index (χ1) is 18.8. The Morgan fingerprint density at radius 2 is 1.87 bits per heavy atom. The third-order valence-corrected chi connectivity index (χ3v) is 7.52. The van der Waals surface area contributed by atoms with Crippen molar-refractivity contribution in [3.63, 3.8) is 0 Å². The molecule has 1 aromatic heterocycles. The summed E-state index contributed by atoms with van der Waals surface area (Å²) in [6.07, 6.45) is 3.43. The van der Waals surface area contributed by atoms with Crippen LogP contribution in [0, 0.1) is 11.6 Å². The van der Waals surface area contributed by atoms with E-state index >= 15 is 0 Å². The number of nitrogens with one attached hydrogen (secondary N) is 3. The number of rotatable bonds is 7. The molecule has 2 atom stereocenters. The number of methoxy groups -OCH3 is 1. The molecule has 4 aromatic rings. The molecule has 1 saturated heterocycles. The van der Waals surface area contributed by atoms with Gasteiger partial charge < -0.3 is 20.7 Å². The van der Waals surface area contributed by atoms with Crippen molar-refractivity contribution in [1.29, 1.82) is 0 Å². The van der Waals surface area contributed by atoms with Gasteiger partial charge in [0.15, 0.2) is 0 Å². The maximum Gasteiger partial charge on any atom is 0.316 e. The van der Waals surface area contributed by atoms with Crippen LogP contribution in [0.15, 0.2) is 66.9 Å². The zero-order valence-corrected chi connectivity index (χ0v) is 21.2. The highest BCUT2D eigenvalue weighted by Crippen LogP contribution is 2.46. The van der Waals surface area contributed by atoms with Gasteiger partial charge in [0.05, 0.1) is 24.7 Å². The number of benzene rings is 3. The average molecular weight is 532 g/mol. The zero-order valence-electron chi connectivity index (χ0n) is 21.2. The first-order valence-electron chi connectivity index (χ1n) is 12.8. The van der Waals surface area contributed by atoms with Crippen LogP contribution >= 0.6 is 0 Å². The summed E-state index contributed by atoms with van der Waals surface area (Å²) < 4.78 is 36.3. The second-order valence-electron chi connectivity index (χ2n) is 10.1. The molecule has 8 nitrogen and oxygen atoms in total. The number of urea groups is 1. The molecular weight excluding hydrogens is 504 g/mol. The van der Waals surface area contributed by atoms with Gasteiger partial charge in [-0.15, -0.1) is 0 Å². The molecule has 200 valence electrons. The highest BCUT2D eigenvalue weighted by atomic mass is 19.1. The molecule has 0 bridgehead atoms. The Labute approximate surface area is 223 Å². The molecule has 10 heteroatoms. The summed E-state index contributed by atoms with van der Waals surface area (Å²) in [4.78, 5) is 25.6. The zero-order chi connectivity index (χ0) is 27.1. The van der Waals surface area contributed by atoms with E-state index in [0.29, 0.717) is 6.54 Å². The Kier molecular flexibility index (Phi) is 6.17. The Bertz CT molecular complexity index is 1540. The lowest BCUT2D eigenvalue weighted by atomic mass is 9.92. The van der Waals surface area contributed by atoms with E-state index in [1.165, 1.54) is 7.11 Å². The predicted molar refractivity (Wildman–Crippen MR) is 140 cm³/mol. The second kappa shape index (κ2) is 9.68. The number of nitrogens with zero attached hydrogens (tertiary/aromatic N) is 2. The molecule has 0 radical (unpaired) electrons. The maximum absolute atomic E-state index is 14.7. The van der Waals surface area contributed by atoms with Crippen LogP contribution in [0.3, 0.4) is 0 Å². The monoisotopic (exact) mass is 531 g/mol. The van der Waals surface area contributed by atoms with E-state index in [2.05, 4.69) is 16.0 Å². The third kappa shape index (κ3) is 4.78. The standard InChI is InChI=1S/C29H27F2N5O3/c1-39-20-12-22(30)25(23(31)13-20)21-14-32-27(37)26(21)33-28(38)34-29(9-10-29)19-8-7-18-16-36(35-24(18)11-19)15-17-5-3-2-4-6-17/h2-8,11-13,16,21,26H,9-10,14-15H2,1H3,(H,32,37)(H2,33,34,38)/t21-,26-/m0/s1. The van der Waals surface area contributed by atoms with Crippen molar-refractivity contribution < 1.29 is 23.1 Å². The summed E-state index contributed by atoms with van der Waals surface area (Å²) >= 11 is 0. The van der Waals surface area contributed by atoms with Gasteiger partial charge in [0, 0.05) is 41.7 Å². The number of amides is 3. The van der Waals surface area contributed by atoms with Crippen LogP contribution in [0.25, 0.3) is 10.9 Å². The van der Waals surface area contributed by atoms with Crippen LogP contribution in [-0.2, 0) is 16.9 Å². The SMILES string of the molecule is COc1cc(F)c([C@@H]2CNC(=O)[C@H]2NC(=O)NC2(c3ccc4cn(Cc5ccccc5)nc4c3)CC2)c(F)c1. The summed E-state index contributed by atoms with van der Waals surface area (Å²) in [6, 6.07) is 16.4. The number of carbonyl (C=O) groups excluding carboxylic acids is 2. The summed E-state index contributed by atoms with van der Waals surface area (Å²) in [5.74, 6) is -3.04. The molecule has 2 heterocycles. The normalized spacial score (nSPS) is 19.5. The fourth-order valence-corrected chi connectivity index (χ4v) is 5.31. The van der Waals surface area contributed by atoms with E-state index in [1.807, 2.05) is 59.4 Å². The van der Waals surface area contributed by atoms with Crippen molar-refractivity contribution in [2.75, 3.05) is 13.7 Å². The molecule has 2 fully saturated rings. The number of carbonyl (C=O) groups is 2. The van der Waals surface area contributed by atoms with Crippen LogP contribution in [0.5, 0.6) is 5.75 Å². The van der Waals surface area contributed by atoms with Crippen LogP contribution < -0.4 is 20.7 Å². The highest BCUT2D eigenvalue weighted by Gasteiger charge is 2.47. The van der Waals surface area contributed by atoms with Crippen molar-refractivity contribution in [1.82, 2.24) is 25.7 Å². The number of fused-ring (bicyclic) bond motifs is 1. The van der Waals surface area contributed by atoms with Crippen molar-refractivity contribution >= 4 is 22.8 Å². The van der Waals surface area contributed by atoms with Crippen LogP contribution in [-0.4, -0.2) is 41.4 Å². The quantitative estimate of drug-likeness (QED) is 0.337. The van der Waals surface area contributed by atoms with E-state index in [1.54, 1.807) is 0 Å². The minimum atomic E-state index is -1.13. The fourth-order valence-electron chi connectivity index (χ4n) is 5.31. The van der Waals surface area contributed by atoms with Gasteiger partial charge in [0.25, 0.3) is 0 Å². The number of hydrogen-bond donors (Lipinski definition) is 3. The van der Waals surface area contributed by atoms with Gasteiger partial charge in [0.2, 0.25) is 5.91 Å². The van der Waals surface area contributed by atoms with E-state index in [-0.39, 0.29) is 17.9 Å². The highest BCUT2D eigenvalue weighted by molar-refractivity contribution is 5.90. The van der Waals surface area contributed by atoms with Crippen molar-refractivity contribution in [2.24, 2.45) is 0 Å². The lowest BCUT2D eigenvalue weighted by Gasteiger charge is -2.23. The van der Waals surface area contributed by atoms with Crippen LogP contribution in [0.4, 0.5) is 13.6 Å². The average Bonchev–Trinajstić information content (AvgIpc) is 3.46. The smallest absolute Gasteiger partial charge is 0.316 e. The summed E-state index contributed by atoms with van der Waals surface area (Å²) in [7, 11) is 1.31. The largest absolute Gasteiger partial charge is 0.497 e. The van der Waals surface area contributed by atoms with Gasteiger partial charge in [-0.2, -0.15) is 5.10 Å². The molecule has 1 saturated carbocycles. The molecule has 3 amide bonds. The topological polar surface area (TPSA) is 97.3 Å². The van der Waals surface area contributed by atoms with Gasteiger partial charge in [-0.1, -0.05) is 42.5 Å². The van der Waals surface area contributed by atoms with E-state index < -0.39 is 41.1 Å². The molecule has 1 aliphatic carbocycles. The first kappa shape index (κ1) is 24.8. The number of halogens is 2. The molecule has 0 spiro atoms. The lowest BCUT2D eigenvalue weighted by Crippen LogP contribution is -2.50. The molecule has 3 N–H and O–H groups in total. The molecule has 39 heavy (non-hydrogen) atoms. The van der Waals surface area contributed by atoms with Gasteiger partial charge in [-0.05, 0) is 30.0 Å². The number of aromatic nitrogens is 2. The van der Waals surface area contributed by atoms with E-state index in [4.69, 9.17) is 9.84 Å². The Morgan fingerprint density at radius 3 is 2.56 bits per heavy atom. The number of ether oxygens (including phenoxy) is 1. The molecule has 1 aliphatic heterocycles. The van der Waals surface area contributed by atoms with Crippen LogP contribution in [0.2, 0.25) is 0 Å². The Hall–Kier alpha value is -4.47. The fraction of sp³-hybridized carbons (Fsp3) is 0.276. The summed E-state index contributed by atoms with van der Waals surface area (Å²) in [5.41, 5.74) is 2.01. The Balaban J connectivity index is 1.18. The van der Waals surface area contributed by atoms with Crippen molar-refractivity contribution in [2.45, 2.75) is 36.9 Å². The third-order valence-electron chi connectivity index (χ3n) is 7.52. The van der Waals surface area contributed by atoms with Crippen LogP contribution in [0.1, 0.15) is 35.4 Å². The molecule has 2 aliphatic rings. The minimum Gasteiger partial charge on any atom is -0.497 e. The van der Waals surface area contributed by atoms with Gasteiger partial charge in [-0.3, -0.25) is 9.48 Å². The second-order valence-corrected chi connectivity index (χ2v) is 10.1. The molecule has 6 rings (SSSR count). The first-order valence-corrected chi connectivity index (χ1v) is 12.8. The molecule has 0 unspecified atom stereocenters.